The lowest BCUT2D eigenvalue weighted by atomic mass is 9.74. The number of piperidine rings is 3. The number of hydrogen-bond donors (Lipinski definition) is 1. The van der Waals surface area contributed by atoms with Crippen LogP contribution in [0.15, 0.2) is 23.6 Å². The van der Waals surface area contributed by atoms with Gasteiger partial charge in [-0.25, -0.2) is 9.97 Å². The Morgan fingerprint density at radius 2 is 2.14 bits per heavy atom. The highest BCUT2D eigenvalue weighted by molar-refractivity contribution is 7.13. The van der Waals surface area contributed by atoms with E-state index < -0.39 is 0 Å². The van der Waals surface area contributed by atoms with Gasteiger partial charge in [-0.2, -0.15) is 0 Å². The SMILES string of the molecule is Cc1nc(-c2cccs2)cc([C@@H]2CN3CC[C@H]2C[C@@H]3CNC2CCOCC2)n1. The van der Waals surface area contributed by atoms with Gasteiger partial charge in [0.05, 0.1) is 10.6 Å². The van der Waals surface area contributed by atoms with Crippen LogP contribution in [0.4, 0.5) is 0 Å². The van der Waals surface area contributed by atoms with Crippen molar-refractivity contribution in [2.75, 3.05) is 32.8 Å². The van der Waals surface area contributed by atoms with Crippen molar-refractivity contribution in [1.82, 2.24) is 20.2 Å². The molecule has 4 saturated heterocycles. The smallest absolute Gasteiger partial charge is 0.126 e. The largest absolute Gasteiger partial charge is 0.381 e. The lowest BCUT2D eigenvalue weighted by molar-refractivity contribution is 0.0235. The van der Waals surface area contributed by atoms with E-state index in [9.17, 15) is 0 Å². The summed E-state index contributed by atoms with van der Waals surface area (Å²) in [6.45, 7) is 7.36. The fraction of sp³-hybridized carbons (Fsp3) is 0.636. The quantitative estimate of drug-likeness (QED) is 0.836. The number of ether oxygens (including phenoxy) is 1. The van der Waals surface area contributed by atoms with E-state index in [1.807, 2.05) is 6.92 Å². The Balaban J connectivity index is 1.27. The molecule has 4 atom stereocenters. The summed E-state index contributed by atoms with van der Waals surface area (Å²) >= 11 is 1.76. The molecule has 0 aliphatic carbocycles. The summed E-state index contributed by atoms with van der Waals surface area (Å²) in [7, 11) is 0. The Labute approximate surface area is 171 Å². The molecule has 150 valence electrons. The van der Waals surface area contributed by atoms with Crippen LogP contribution in [0.1, 0.15) is 43.1 Å². The van der Waals surface area contributed by atoms with Crippen LogP contribution in [0.2, 0.25) is 0 Å². The monoisotopic (exact) mass is 398 g/mol. The Hall–Kier alpha value is -1.34. The van der Waals surface area contributed by atoms with Crippen LogP contribution >= 0.6 is 11.3 Å². The first-order valence-electron chi connectivity index (χ1n) is 10.7. The Kier molecular flexibility index (Phi) is 5.46. The molecular formula is C22H30N4OS. The molecule has 0 aromatic carbocycles. The molecule has 4 fully saturated rings. The average molecular weight is 399 g/mol. The van der Waals surface area contributed by atoms with Crippen LogP contribution in [-0.4, -0.2) is 59.8 Å². The highest BCUT2D eigenvalue weighted by atomic mass is 32.1. The molecule has 1 N–H and O–H groups in total. The van der Waals surface area contributed by atoms with Gasteiger partial charge in [0, 0.05) is 50.0 Å². The molecule has 2 aromatic rings. The van der Waals surface area contributed by atoms with E-state index in [1.54, 1.807) is 11.3 Å². The fourth-order valence-corrected chi connectivity index (χ4v) is 5.91. The standard InChI is InChI=1S/C22H30N4OS/c1-15-24-20(12-21(25-15)22-3-2-10-28-22)19-14-26-7-4-16(19)11-18(26)13-23-17-5-8-27-9-6-17/h2-3,10,12,16-19,23H,4-9,11,13-14H2,1H3/t16-,18+,19+/m0/s1. The van der Waals surface area contributed by atoms with Crippen LogP contribution in [0.5, 0.6) is 0 Å². The van der Waals surface area contributed by atoms with Gasteiger partial charge in [-0.3, -0.25) is 4.90 Å². The Morgan fingerprint density at radius 1 is 1.25 bits per heavy atom. The summed E-state index contributed by atoms with van der Waals surface area (Å²) < 4.78 is 5.49. The molecule has 0 amide bonds. The van der Waals surface area contributed by atoms with Gasteiger partial charge >= 0.3 is 0 Å². The third-order valence-corrected chi connectivity index (χ3v) is 7.65. The van der Waals surface area contributed by atoms with E-state index in [4.69, 9.17) is 14.7 Å². The van der Waals surface area contributed by atoms with Crippen LogP contribution in [0.25, 0.3) is 10.6 Å². The summed E-state index contributed by atoms with van der Waals surface area (Å²) in [5.74, 6) is 2.19. The van der Waals surface area contributed by atoms with Gasteiger partial charge in [0.15, 0.2) is 0 Å². The number of hydrogen-bond acceptors (Lipinski definition) is 6. The number of nitrogens with zero attached hydrogens (tertiary/aromatic N) is 3. The van der Waals surface area contributed by atoms with Crippen molar-refractivity contribution in [3.05, 3.63) is 35.1 Å². The predicted molar refractivity (Wildman–Crippen MR) is 113 cm³/mol. The van der Waals surface area contributed by atoms with Crippen molar-refractivity contribution in [2.24, 2.45) is 5.92 Å². The van der Waals surface area contributed by atoms with Crippen molar-refractivity contribution < 1.29 is 4.74 Å². The van der Waals surface area contributed by atoms with Crippen molar-refractivity contribution in [2.45, 2.75) is 50.6 Å². The summed E-state index contributed by atoms with van der Waals surface area (Å²) in [5.41, 5.74) is 2.34. The molecule has 4 aliphatic rings. The molecule has 6 heterocycles. The topological polar surface area (TPSA) is 50.3 Å². The Morgan fingerprint density at radius 3 is 2.89 bits per heavy atom. The van der Waals surface area contributed by atoms with Crippen LogP contribution in [0, 0.1) is 12.8 Å². The third-order valence-electron chi connectivity index (χ3n) is 6.75. The van der Waals surface area contributed by atoms with E-state index in [2.05, 4.69) is 33.8 Å². The zero-order valence-corrected chi connectivity index (χ0v) is 17.5. The van der Waals surface area contributed by atoms with Gasteiger partial charge < -0.3 is 10.1 Å². The predicted octanol–water partition coefficient (Wildman–Crippen LogP) is 3.46. The van der Waals surface area contributed by atoms with Crippen molar-refractivity contribution in [3.63, 3.8) is 0 Å². The first-order chi connectivity index (χ1) is 13.8. The molecule has 0 radical (unpaired) electrons. The highest BCUT2D eigenvalue weighted by Gasteiger charge is 2.41. The molecule has 28 heavy (non-hydrogen) atoms. The minimum absolute atomic E-state index is 0.550. The van der Waals surface area contributed by atoms with Gasteiger partial charge in [-0.05, 0) is 62.6 Å². The fourth-order valence-electron chi connectivity index (χ4n) is 5.22. The van der Waals surface area contributed by atoms with Gasteiger partial charge in [0.1, 0.15) is 5.82 Å². The first kappa shape index (κ1) is 18.7. The second-order valence-corrected chi connectivity index (χ2v) is 9.48. The van der Waals surface area contributed by atoms with Gasteiger partial charge in [-0.1, -0.05) is 6.07 Å². The lowest BCUT2D eigenvalue weighted by Gasteiger charge is -2.50. The summed E-state index contributed by atoms with van der Waals surface area (Å²) in [6, 6.07) is 7.83. The lowest BCUT2D eigenvalue weighted by Crippen LogP contribution is -2.56. The number of fused-ring (bicyclic) bond motifs is 3. The maximum Gasteiger partial charge on any atom is 0.126 e. The molecule has 0 saturated carbocycles. The van der Waals surface area contributed by atoms with Gasteiger partial charge in [0.2, 0.25) is 0 Å². The summed E-state index contributed by atoms with van der Waals surface area (Å²) in [5, 5.41) is 5.94. The third kappa shape index (κ3) is 3.88. The zero-order chi connectivity index (χ0) is 18.9. The molecule has 6 heteroatoms. The summed E-state index contributed by atoms with van der Waals surface area (Å²) in [4.78, 5) is 13.5. The normalized spacial score (nSPS) is 30.6. The molecular weight excluding hydrogens is 368 g/mol. The Bertz CT molecular complexity index is 790. The van der Waals surface area contributed by atoms with Crippen LogP contribution < -0.4 is 5.32 Å². The van der Waals surface area contributed by atoms with Gasteiger partial charge in [-0.15, -0.1) is 11.3 Å². The molecule has 4 aliphatic heterocycles. The second-order valence-electron chi connectivity index (χ2n) is 8.54. The number of aromatic nitrogens is 2. The van der Waals surface area contributed by atoms with Crippen molar-refractivity contribution >= 4 is 11.3 Å². The van der Waals surface area contributed by atoms with E-state index in [-0.39, 0.29) is 0 Å². The van der Waals surface area contributed by atoms with Gasteiger partial charge in [0.25, 0.3) is 0 Å². The number of aryl methyl sites for hydroxylation is 1. The van der Waals surface area contributed by atoms with Crippen molar-refractivity contribution in [1.29, 1.82) is 0 Å². The minimum Gasteiger partial charge on any atom is -0.381 e. The van der Waals surface area contributed by atoms with E-state index in [1.165, 1.54) is 30.0 Å². The molecule has 0 spiro atoms. The highest BCUT2D eigenvalue weighted by Crippen LogP contribution is 2.42. The molecule has 2 bridgehead atoms. The molecule has 1 unspecified atom stereocenters. The number of thiophene rings is 1. The van der Waals surface area contributed by atoms with Crippen LogP contribution in [-0.2, 0) is 4.74 Å². The van der Waals surface area contributed by atoms with Crippen molar-refractivity contribution in [3.8, 4) is 10.6 Å². The zero-order valence-electron chi connectivity index (χ0n) is 16.6. The first-order valence-corrected chi connectivity index (χ1v) is 11.6. The second kappa shape index (κ2) is 8.19. The molecule has 6 rings (SSSR count). The molecule has 2 aromatic heterocycles. The number of nitrogens with one attached hydrogen (secondary N) is 1. The average Bonchev–Trinajstić information content (AvgIpc) is 3.28. The maximum atomic E-state index is 5.49. The van der Waals surface area contributed by atoms with E-state index in [0.29, 0.717) is 18.0 Å². The number of rotatable bonds is 5. The maximum absolute atomic E-state index is 5.49. The van der Waals surface area contributed by atoms with E-state index >= 15 is 0 Å². The minimum atomic E-state index is 0.550. The summed E-state index contributed by atoms with van der Waals surface area (Å²) in [6.07, 6.45) is 4.91. The molecule has 5 nitrogen and oxygen atoms in total. The van der Waals surface area contributed by atoms with Crippen LogP contribution in [0.3, 0.4) is 0 Å². The van der Waals surface area contributed by atoms with E-state index in [0.717, 1.165) is 56.6 Å².